The van der Waals surface area contributed by atoms with Gasteiger partial charge in [-0.05, 0) is 35.2 Å². The Hall–Kier alpha value is 0.0300. The van der Waals surface area contributed by atoms with Crippen LogP contribution in [0.3, 0.4) is 0 Å². The lowest BCUT2D eigenvalue weighted by Crippen LogP contribution is -2.24. The summed E-state index contributed by atoms with van der Waals surface area (Å²) in [5.74, 6) is 0. The van der Waals surface area contributed by atoms with Gasteiger partial charge < -0.3 is 10.8 Å². The standard InChI is InChI=1S/C8H11BrN2OS/c9-7-6(13-4-11-7)8(12)2-1-5(10)3-8/h4-5,12H,1-3,10H2. The highest BCUT2D eigenvalue weighted by Gasteiger charge is 2.39. The lowest BCUT2D eigenvalue weighted by Gasteiger charge is -2.20. The minimum Gasteiger partial charge on any atom is -0.384 e. The van der Waals surface area contributed by atoms with Crippen molar-refractivity contribution in [2.45, 2.75) is 30.9 Å². The second-order valence-electron chi connectivity index (χ2n) is 3.51. The van der Waals surface area contributed by atoms with Crippen LogP contribution in [0.1, 0.15) is 24.1 Å². The summed E-state index contributed by atoms with van der Waals surface area (Å²) < 4.78 is 0.758. The number of hydrogen-bond acceptors (Lipinski definition) is 4. The quantitative estimate of drug-likeness (QED) is 0.809. The van der Waals surface area contributed by atoms with Crippen molar-refractivity contribution in [1.82, 2.24) is 4.98 Å². The van der Waals surface area contributed by atoms with Gasteiger partial charge in [0.25, 0.3) is 0 Å². The van der Waals surface area contributed by atoms with E-state index < -0.39 is 5.60 Å². The topological polar surface area (TPSA) is 59.1 Å². The second-order valence-corrected chi connectivity index (χ2v) is 5.11. The van der Waals surface area contributed by atoms with Crippen LogP contribution < -0.4 is 5.73 Å². The molecule has 0 amide bonds. The molecule has 2 rings (SSSR count). The van der Waals surface area contributed by atoms with Crippen molar-refractivity contribution in [1.29, 1.82) is 0 Å². The molecule has 72 valence electrons. The fourth-order valence-electron chi connectivity index (χ4n) is 1.80. The zero-order valence-electron chi connectivity index (χ0n) is 7.03. The molecule has 2 atom stereocenters. The van der Waals surface area contributed by atoms with Gasteiger partial charge in [0, 0.05) is 6.04 Å². The van der Waals surface area contributed by atoms with Crippen molar-refractivity contribution >= 4 is 27.3 Å². The average molecular weight is 263 g/mol. The van der Waals surface area contributed by atoms with Gasteiger partial charge in [0.15, 0.2) is 0 Å². The van der Waals surface area contributed by atoms with Crippen molar-refractivity contribution in [2.24, 2.45) is 5.73 Å². The number of aliphatic hydroxyl groups is 1. The van der Waals surface area contributed by atoms with E-state index in [1.54, 1.807) is 5.51 Å². The first-order valence-electron chi connectivity index (χ1n) is 4.19. The Balaban J connectivity index is 2.30. The fraction of sp³-hybridized carbons (Fsp3) is 0.625. The summed E-state index contributed by atoms with van der Waals surface area (Å²) in [7, 11) is 0. The molecule has 2 unspecified atom stereocenters. The van der Waals surface area contributed by atoms with Crippen LogP contribution in [0.4, 0.5) is 0 Å². The Morgan fingerprint density at radius 2 is 2.54 bits per heavy atom. The van der Waals surface area contributed by atoms with Gasteiger partial charge in [0.2, 0.25) is 0 Å². The van der Waals surface area contributed by atoms with Crippen LogP contribution in [-0.4, -0.2) is 16.1 Å². The summed E-state index contributed by atoms with van der Waals surface area (Å²) in [5, 5.41) is 10.3. The van der Waals surface area contributed by atoms with Gasteiger partial charge in [-0.3, -0.25) is 0 Å². The highest BCUT2D eigenvalue weighted by atomic mass is 79.9. The molecule has 1 aliphatic rings. The maximum Gasteiger partial charge on any atom is 0.123 e. The molecule has 0 saturated heterocycles. The van der Waals surface area contributed by atoms with E-state index >= 15 is 0 Å². The molecule has 5 heteroatoms. The van der Waals surface area contributed by atoms with Crippen molar-refractivity contribution in [2.75, 3.05) is 0 Å². The summed E-state index contributed by atoms with van der Waals surface area (Å²) >= 11 is 4.81. The summed E-state index contributed by atoms with van der Waals surface area (Å²) in [6.45, 7) is 0. The third kappa shape index (κ3) is 1.66. The molecule has 1 saturated carbocycles. The number of nitrogens with zero attached hydrogens (tertiary/aromatic N) is 1. The van der Waals surface area contributed by atoms with E-state index in [0.717, 1.165) is 22.3 Å². The van der Waals surface area contributed by atoms with Crippen LogP contribution in [0.2, 0.25) is 0 Å². The van der Waals surface area contributed by atoms with Crippen LogP contribution in [0.5, 0.6) is 0 Å². The van der Waals surface area contributed by atoms with Gasteiger partial charge >= 0.3 is 0 Å². The fourth-order valence-corrected chi connectivity index (χ4v) is 3.51. The highest BCUT2D eigenvalue weighted by molar-refractivity contribution is 9.10. The summed E-state index contributed by atoms with van der Waals surface area (Å²) in [4.78, 5) is 4.98. The predicted octanol–water partition coefficient (Wildman–Crippen LogP) is 1.60. The van der Waals surface area contributed by atoms with Gasteiger partial charge in [0.1, 0.15) is 10.2 Å². The van der Waals surface area contributed by atoms with E-state index in [4.69, 9.17) is 5.73 Å². The zero-order valence-corrected chi connectivity index (χ0v) is 9.44. The molecular weight excluding hydrogens is 252 g/mol. The zero-order chi connectivity index (χ0) is 9.47. The Morgan fingerprint density at radius 1 is 1.77 bits per heavy atom. The molecule has 0 radical (unpaired) electrons. The first-order chi connectivity index (χ1) is 6.12. The molecule has 0 aromatic carbocycles. The van der Waals surface area contributed by atoms with E-state index in [1.807, 2.05) is 0 Å². The molecule has 0 aliphatic heterocycles. The molecule has 3 N–H and O–H groups in total. The van der Waals surface area contributed by atoms with E-state index in [-0.39, 0.29) is 6.04 Å². The molecule has 0 spiro atoms. The molecule has 1 heterocycles. The van der Waals surface area contributed by atoms with E-state index in [2.05, 4.69) is 20.9 Å². The van der Waals surface area contributed by atoms with E-state index in [0.29, 0.717) is 6.42 Å². The normalized spacial score (nSPS) is 33.9. The number of hydrogen-bond donors (Lipinski definition) is 2. The van der Waals surface area contributed by atoms with Crippen molar-refractivity contribution < 1.29 is 5.11 Å². The maximum atomic E-state index is 10.3. The minimum absolute atomic E-state index is 0.124. The van der Waals surface area contributed by atoms with Gasteiger partial charge in [0.05, 0.1) is 10.4 Å². The van der Waals surface area contributed by atoms with E-state index in [1.165, 1.54) is 11.3 Å². The molecule has 1 aromatic heterocycles. The number of nitrogens with two attached hydrogens (primary N) is 1. The van der Waals surface area contributed by atoms with Gasteiger partial charge in [-0.1, -0.05) is 0 Å². The predicted molar refractivity (Wildman–Crippen MR) is 55.5 cm³/mol. The van der Waals surface area contributed by atoms with Crippen molar-refractivity contribution in [3.05, 3.63) is 15.0 Å². The van der Waals surface area contributed by atoms with Gasteiger partial charge in [-0.25, -0.2) is 4.98 Å². The third-order valence-electron chi connectivity index (χ3n) is 2.48. The largest absolute Gasteiger partial charge is 0.384 e. The van der Waals surface area contributed by atoms with Crippen molar-refractivity contribution in [3.8, 4) is 0 Å². The minimum atomic E-state index is -0.737. The number of rotatable bonds is 1. The summed E-state index contributed by atoms with van der Waals surface area (Å²) in [6, 6.07) is 0.124. The Kier molecular flexibility index (Phi) is 2.44. The van der Waals surface area contributed by atoms with Crippen LogP contribution in [0, 0.1) is 0 Å². The lowest BCUT2D eigenvalue weighted by molar-refractivity contribution is 0.0460. The maximum absolute atomic E-state index is 10.3. The molecule has 0 bridgehead atoms. The number of thiazole rings is 1. The Labute approximate surface area is 89.1 Å². The molecule has 1 aliphatic carbocycles. The first kappa shape index (κ1) is 9.58. The molecule has 3 nitrogen and oxygen atoms in total. The van der Waals surface area contributed by atoms with Crippen LogP contribution >= 0.6 is 27.3 Å². The molecule has 1 aromatic rings. The van der Waals surface area contributed by atoms with Crippen molar-refractivity contribution in [3.63, 3.8) is 0 Å². The first-order valence-corrected chi connectivity index (χ1v) is 5.86. The monoisotopic (exact) mass is 262 g/mol. The SMILES string of the molecule is NC1CCC(O)(c2scnc2Br)C1. The summed E-state index contributed by atoms with van der Waals surface area (Å²) in [6.07, 6.45) is 2.28. The number of aromatic nitrogens is 1. The van der Waals surface area contributed by atoms with Crippen LogP contribution in [0.15, 0.2) is 10.1 Å². The Bertz CT molecular complexity index is 317. The lowest BCUT2D eigenvalue weighted by atomic mass is 10.0. The molecule has 1 fully saturated rings. The number of halogens is 1. The molecule has 13 heavy (non-hydrogen) atoms. The van der Waals surface area contributed by atoms with Gasteiger partial charge in [-0.15, -0.1) is 11.3 Å². The highest BCUT2D eigenvalue weighted by Crippen LogP contribution is 2.42. The molecular formula is C8H11BrN2OS. The van der Waals surface area contributed by atoms with Crippen LogP contribution in [-0.2, 0) is 5.60 Å². The second kappa shape index (κ2) is 3.31. The summed E-state index contributed by atoms with van der Waals surface area (Å²) in [5.41, 5.74) is 6.78. The van der Waals surface area contributed by atoms with Gasteiger partial charge in [-0.2, -0.15) is 0 Å². The average Bonchev–Trinajstić information content (AvgIpc) is 2.59. The third-order valence-corrected chi connectivity index (χ3v) is 4.36. The van der Waals surface area contributed by atoms with E-state index in [9.17, 15) is 5.11 Å². The smallest absolute Gasteiger partial charge is 0.123 e. The Morgan fingerprint density at radius 3 is 3.00 bits per heavy atom. The van der Waals surface area contributed by atoms with Crippen LogP contribution in [0.25, 0.3) is 0 Å².